The van der Waals surface area contributed by atoms with E-state index in [4.69, 9.17) is 11.6 Å². The monoisotopic (exact) mass is 339 g/mol. The van der Waals surface area contributed by atoms with Gasteiger partial charge in [0.2, 0.25) is 5.96 Å². The molecule has 98 valence electrons. The summed E-state index contributed by atoms with van der Waals surface area (Å²) in [6, 6.07) is 7.98. The van der Waals surface area contributed by atoms with Gasteiger partial charge in [-0.1, -0.05) is 23.7 Å². The lowest BCUT2D eigenvalue weighted by molar-refractivity contribution is 0.511. The van der Waals surface area contributed by atoms with Gasteiger partial charge >= 0.3 is 0 Å². The molecule has 0 saturated heterocycles. The van der Waals surface area contributed by atoms with Crippen molar-refractivity contribution in [3.05, 3.63) is 40.1 Å². The Kier molecular flexibility index (Phi) is 3.20. The fourth-order valence-corrected chi connectivity index (χ4v) is 2.66. The lowest BCUT2D eigenvalue weighted by Crippen LogP contribution is -2.38. The maximum absolute atomic E-state index is 6.16. The summed E-state index contributed by atoms with van der Waals surface area (Å²) in [4.78, 5) is 8.30. The number of anilines is 1. The van der Waals surface area contributed by atoms with Crippen molar-refractivity contribution in [1.29, 1.82) is 0 Å². The van der Waals surface area contributed by atoms with Crippen LogP contribution in [0.5, 0.6) is 0 Å². The number of nitrogens with zero attached hydrogens (tertiary/aromatic N) is 5. The van der Waals surface area contributed by atoms with Crippen molar-refractivity contribution in [3.63, 3.8) is 0 Å². The quantitative estimate of drug-likeness (QED) is 0.737. The number of halogens is 2. The molecule has 0 aliphatic carbocycles. The van der Waals surface area contributed by atoms with Crippen molar-refractivity contribution in [1.82, 2.24) is 9.91 Å². The number of hydrogen-bond acceptors (Lipinski definition) is 5. The molecule has 0 bridgehead atoms. The molecule has 0 fully saturated rings. The van der Waals surface area contributed by atoms with E-state index in [0.717, 1.165) is 16.1 Å². The molecule has 0 spiro atoms. The molecule has 0 N–H and O–H groups in total. The summed E-state index contributed by atoms with van der Waals surface area (Å²) in [5.41, 5.74) is 1.03. The Morgan fingerprint density at radius 3 is 2.84 bits per heavy atom. The van der Waals surface area contributed by atoms with Gasteiger partial charge in [-0.3, -0.25) is 4.90 Å². The second kappa shape index (κ2) is 4.86. The van der Waals surface area contributed by atoms with E-state index in [0.29, 0.717) is 11.8 Å². The second-order valence-electron chi connectivity index (χ2n) is 4.15. The van der Waals surface area contributed by atoms with Crippen LogP contribution in [0.1, 0.15) is 0 Å². The van der Waals surface area contributed by atoms with E-state index in [-0.39, 0.29) is 0 Å². The SMILES string of the molecule is CN1N=CN2CN(c3ccccc3Br)C=C(Cl)N=C21. The van der Waals surface area contributed by atoms with Gasteiger partial charge in [-0.2, -0.15) is 10.1 Å². The van der Waals surface area contributed by atoms with Crippen LogP contribution in [0.4, 0.5) is 5.69 Å². The third-order valence-corrected chi connectivity index (χ3v) is 3.70. The smallest absolute Gasteiger partial charge is 0.230 e. The minimum Gasteiger partial charge on any atom is -0.325 e. The van der Waals surface area contributed by atoms with Gasteiger partial charge in [-0.25, -0.2) is 5.01 Å². The number of benzene rings is 1. The summed E-state index contributed by atoms with van der Waals surface area (Å²) >= 11 is 9.71. The van der Waals surface area contributed by atoms with Crippen molar-refractivity contribution >= 4 is 45.5 Å². The Morgan fingerprint density at radius 2 is 2.05 bits per heavy atom. The van der Waals surface area contributed by atoms with Crippen molar-refractivity contribution in [3.8, 4) is 0 Å². The first-order valence-corrected chi connectivity index (χ1v) is 6.84. The van der Waals surface area contributed by atoms with Crippen LogP contribution in [-0.4, -0.2) is 35.9 Å². The summed E-state index contributed by atoms with van der Waals surface area (Å²) in [5, 5.41) is 6.30. The van der Waals surface area contributed by atoms with Crippen LogP contribution in [0, 0.1) is 0 Å². The lowest BCUT2D eigenvalue weighted by Gasteiger charge is -2.25. The molecule has 2 heterocycles. The Labute approximate surface area is 124 Å². The van der Waals surface area contributed by atoms with Crippen LogP contribution in [0.3, 0.4) is 0 Å². The number of rotatable bonds is 1. The average Bonchev–Trinajstić information content (AvgIpc) is 2.62. The van der Waals surface area contributed by atoms with E-state index in [9.17, 15) is 0 Å². The Balaban J connectivity index is 1.97. The van der Waals surface area contributed by atoms with Gasteiger partial charge in [0.05, 0.1) is 5.69 Å². The van der Waals surface area contributed by atoms with Gasteiger partial charge in [0.15, 0.2) is 0 Å². The van der Waals surface area contributed by atoms with Gasteiger partial charge in [0.25, 0.3) is 0 Å². The first-order valence-electron chi connectivity index (χ1n) is 5.67. The molecule has 0 atom stereocenters. The van der Waals surface area contributed by atoms with Crippen LogP contribution >= 0.6 is 27.5 Å². The maximum atomic E-state index is 6.16. The minimum atomic E-state index is 0.422. The minimum absolute atomic E-state index is 0.422. The first-order chi connectivity index (χ1) is 9.15. The van der Waals surface area contributed by atoms with E-state index >= 15 is 0 Å². The average molecular weight is 341 g/mol. The van der Waals surface area contributed by atoms with Gasteiger partial charge in [0.1, 0.15) is 18.2 Å². The van der Waals surface area contributed by atoms with Crippen molar-refractivity contribution < 1.29 is 0 Å². The van der Waals surface area contributed by atoms with E-state index in [2.05, 4.69) is 26.0 Å². The molecule has 2 aliphatic rings. The third kappa shape index (κ3) is 2.33. The number of hydrazone groups is 1. The number of aliphatic imine (C=N–C) groups is 1. The van der Waals surface area contributed by atoms with Crippen molar-refractivity contribution in [2.24, 2.45) is 10.1 Å². The number of fused-ring (bicyclic) bond motifs is 1. The Hall–Kier alpha value is -1.53. The molecule has 0 radical (unpaired) electrons. The van der Waals surface area contributed by atoms with Crippen LogP contribution in [0.15, 0.2) is 50.2 Å². The van der Waals surface area contributed by atoms with E-state index < -0.39 is 0 Å². The summed E-state index contributed by atoms with van der Waals surface area (Å²) < 4.78 is 1.00. The predicted molar refractivity (Wildman–Crippen MR) is 81.0 cm³/mol. The third-order valence-electron chi connectivity index (χ3n) is 2.85. The largest absolute Gasteiger partial charge is 0.325 e. The summed E-state index contributed by atoms with van der Waals surface area (Å²) in [7, 11) is 1.84. The second-order valence-corrected chi connectivity index (χ2v) is 5.39. The molecule has 19 heavy (non-hydrogen) atoms. The number of hydrogen-bond donors (Lipinski definition) is 0. The molecule has 0 aromatic heterocycles. The molecule has 1 aromatic carbocycles. The highest BCUT2D eigenvalue weighted by Gasteiger charge is 2.25. The fraction of sp³-hybridized carbons (Fsp3) is 0.167. The molecule has 0 amide bonds. The molecule has 3 rings (SSSR count). The summed E-state index contributed by atoms with van der Waals surface area (Å²) in [5.74, 6) is 0.718. The summed E-state index contributed by atoms with van der Waals surface area (Å²) in [6.45, 7) is 0.603. The maximum Gasteiger partial charge on any atom is 0.230 e. The first kappa shape index (κ1) is 12.5. The Morgan fingerprint density at radius 1 is 1.26 bits per heavy atom. The van der Waals surface area contributed by atoms with Gasteiger partial charge in [-0.05, 0) is 28.1 Å². The zero-order chi connectivity index (χ0) is 13.4. The zero-order valence-electron chi connectivity index (χ0n) is 10.2. The molecular weight excluding hydrogens is 330 g/mol. The predicted octanol–water partition coefficient (Wildman–Crippen LogP) is 2.81. The molecule has 2 aliphatic heterocycles. The normalized spacial score (nSPS) is 18.2. The molecular formula is C12H11BrClN5. The molecule has 7 heteroatoms. The van der Waals surface area contributed by atoms with Crippen LogP contribution < -0.4 is 4.90 Å². The molecule has 5 nitrogen and oxygen atoms in total. The fourth-order valence-electron chi connectivity index (χ4n) is 1.95. The van der Waals surface area contributed by atoms with Gasteiger partial charge in [-0.15, -0.1) is 0 Å². The molecule has 0 saturated carbocycles. The van der Waals surface area contributed by atoms with E-state index in [1.54, 1.807) is 11.3 Å². The molecule has 1 aromatic rings. The van der Waals surface area contributed by atoms with Gasteiger partial charge < -0.3 is 4.90 Å². The standard InChI is InChI=1S/C12H11BrClN5/c1-17-12-16-11(14)6-18(8-19(12)7-15-17)10-5-3-2-4-9(10)13/h2-7H,8H2,1H3. The summed E-state index contributed by atoms with van der Waals surface area (Å²) in [6.07, 6.45) is 3.56. The molecule has 0 unspecified atom stereocenters. The van der Waals surface area contributed by atoms with Crippen LogP contribution in [-0.2, 0) is 0 Å². The zero-order valence-corrected chi connectivity index (χ0v) is 12.5. The highest BCUT2D eigenvalue weighted by Crippen LogP contribution is 2.29. The highest BCUT2D eigenvalue weighted by molar-refractivity contribution is 9.10. The highest BCUT2D eigenvalue weighted by atomic mass is 79.9. The van der Waals surface area contributed by atoms with Crippen LogP contribution in [0.25, 0.3) is 0 Å². The number of guanidine groups is 1. The van der Waals surface area contributed by atoms with E-state index in [1.807, 2.05) is 47.3 Å². The van der Waals surface area contributed by atoms with Crippen molar-refractivity contribution in [2.45, 2.75) is 0 Å². The van der Waals surface area contributed by atoms with E-state index in [1.165, 1.54) is 0 Å². The van der Waals surface area contributed by atoms with Gasteiger partial charge in [0, 0.05) is 17.7 Å². The topological polar surface area (TPSA) is 34.4 Å². The number of para-hydroxylation sites is 1. The lowest BCUT2D eigenvalue weighted by atomic mass is 10.3. The van der Waals surface area contributed by atoms with Crippen molar-refractivity contribution in [2.75, 3.05) is 18.6 Å². The van der Waals surface area contributed by atoms with Crippen LogP contribution in [0.2, 0.25) is 0 Å². The Bertz CT molecular complexity index is 598.